The summed E-state index contributed by atoms with van der Waals surface area (Å²) in [5, 5.41) is 20.3. The first-order valence-corrected chi connectivity index (χ1v) is 13.4. The molecule has 0 aliphatic heterocycles. The number of nitrogens with zero attached hydrogens (tertiary/aromatic N) is 7. The fourth-order valence-electron chi connectivity index (χ4n) is 3.62. The van der Waals surface area contributed by atoms with Gasteiger partial charge in [0.2, 0.25) is 5.01 Å². The largest absolute Gasteiger partial charge is 0.416 e. The Morgan fingerprint density at radius 2 is 1.56 bits per heavy atom. The van der Waals surface area contributed by atoms with Crippen LogP contribution in [0, 0.1) is 0 Å². The Morgan fingerprint density at radius 1 is 0.930 bits per heavy atom. The molecule has 0 bridgehead atoms. The van der Waals surface area contributed by atoms with Gasteiger partial charge in [-0.3, -0.25) is 19.6 Å². The van der Waals surface area contributed by atoms with E-state index in [1.165, 1.54) is 24.5 Å². The van der Waals surface area contributed by atoms with Gasteiger partial charge in [-0.15, -0.1) is 15.3 Å². The van der Waals surface area contributed by atoms with E-state index in [2.05, 4.69) is 41.1 Å². The molecule has 4 rings (SSSR count). The van der Waals surface area contributed by atoms with Crippen molar-refractivity contribution in [2.45, 2.75) is 57.7 Å². The summed E-state index contributed by atoms with van der Waals surface area (Å²) in [4.78, 5) is 32.4. The monoisotopic (exact) mass is 627 g/mol. The molecular formula is C25H23F6N9O2S. The Hall–Kier alpha value is -4.48. The summed E-state index contributed by atoms with van der Waals surface area (Å²) >= 11 is 0.949. The Bertz CT molecular complexity index is 1570. The van der Waals surface area contributed by atoms with E-state index in [0.717, 1.165) is 41.3 Å². The molecule has 0 radical (unpaired) electrons. The number of halogens is 6. The van der Waals surface area contributed by atoms with Crippen LogP contribution < -0.4 is 10.6 Å². The van der Waals surface area contributed by atoms with E-state index < -0.39 is 35.6 Å². The minimum absolute atomic E-state index is 0.00893. The van der Waals surface area contributed by atoms with Crippen molar-refractivity contribution in [3.05, 3.63) is 81.1 Å². The van der Waals surface area contributed by atoms with Gasteiger partial charge < -0.3 is 10.6 Å². The molecule has 0 saturated heterocycles. The van der Waals surface area contributed by atoms with E-state index in [1.54, 1.807) is 0 Å². The molecule has 1 unspecified atom stereocenters. The topological polar surface area (TPSA) is 140 Å². The van der Waals surface area contributed by atoms with Crippen LogP contribution >= 0.6 is 11.3 Å². The minimum Gasteiger partial charge on any atom is -0.345 e. The van der Waals surface area contributed by atoms with E-state index in [1.807, 2.05) is 0 Å². The molecule has 4 heterocycles. The normalized spacial score (nSPS) is 12.6. The van der Waals surface area contributed by atoms with Crippen molar-refractivity contribution < 1.29 is 35.9 Å². The van der Waals surface area contributed by atoms with Gasteiger partial charge in [0.1, 0.15) is 11.2 Å². The number of pyridine rings is 2. The van der Waals surface area contributed by atoms with E-state index in [0.29, 0.717) is 5.01 Å². The van der Waals surface area contributed by atoms with Crippen molar-refractivity contribution in [3.63, 3.8) is 0 Å². The molecule has 2 amide bonds. The average Bonchev–Trinajstić information content (AvgIpc) is 3.63. The van der Waals surface area contributed by atoms with Crippen LogP contribution in [0.25, 0.3) is 0 Å². The predicted molar refractivity (Wildman–Crippen MR) is 139 cm³/mol. The van der Waals surface area contributed by atoms with Crippen molar-refractivity contribution in [2.24, 2.45) is 0 Å². The first kappa shape index (κ1) is 31.5. The third-order valence-corrected chi connectivity index (χ3v) is 6.80. The van der Waals surface area contributed by atoms with Gasteiger partial charge in [0.05, 0.1) is 42.8 Å². The summed E-state index contributed by atoms with van der Waals surface area (Å²) < 4.78 is 81.2. The lowest BCUT2D eigenvalue weighted by molar-refractivity contribution is -0.137. The van der Waals surface area contributed by atoms with E-state index in [9.17, 15) is 35.9 Å². The first-order chi connectivity index (χ1) is 20.3. The van der Waals surface area contributed by atoms with Gasteiger partial charge in [0.15, 0.2) is 5.69 Å². The smallest absolute Gasteiger partial charge is 0.345 e. The number of alkyl halides is 6. The number of carbonyl (C=O) groups excluding carboxylic acids is 2. The Kier molecular flexibility index (Phi) is 9.67. The second-order valence-electron chi connectivity index (χ2n) is 9.29. The maximum absolute atomic E-state index is 14.6. The Labute approximate surface area is 243 Å². The van der Waals surface area contributed by atoms with E-state index in [-0.39, 0.29) is 60.1 Å². The zero-order chi connectivity index (χ0) is 31.2. The van der Waals surface area contributed by atoms with Crippen LogP contribution in [0.2, 0.25) is 0 Å². The summed E-state index contributed by atoms with van der Waals surface area (Å²) in [6.07, 6.45) is -2.44. The second-order valence-corrected chi connectivity index (χ2v) is 10.3. The molecule has 4 aromatic rings. The van der Waals surface area contributed by atoms with Crippen molar-refractivity contribution in [1.29, 1.82) is 0 Å². The van der Waals surface area contributed by atoms with Gasteiger partial charge in [0.25, 0.3) is 17.7 Å². The number of nitrogens with one attached hydrogen (secondary N) is 2. The molecule has 0 spiro atoms. The van der Waals surface area contributed by atoms with Gasteiger partial charge in [-0.05, 0) is 30.7 Å². The number of hydrogen-bond donors (Lipinski definition) is 2. The highest BCUT2D eigenvalue weighted by atomic mass is 32.1. The maximum Gasteiger partial charge on any atom is 0.416 e. The summed E-state index contributed by atoms with van der Waals surface area (Å²) in [5.74, 6) is -4.37. The zero-order valence-electron chi connectivity index (χ0n) is 22.3. The maximum atomic E-state index is 14.6. The number of aromatic nitrogens is 7. The number of amides is 2. The molecule has 1 atom stereocenters. The number of carbonyl (C=O) groups is 2. The molecule has 0 aromatic carbocycles. The lowest BCUT2D eigenvalue weighted by Crippen LogP contribution is -2.24. The quantitative estimate of drug-likeness (QED) is 0.226. The SMILES string of the molecule is CC(F)(F)c1ccnc(CNC(=O)c2nnc(CCC(F)Cn3cc(C(=O)NCc4cc(C(F)(F)F)ccn4)nn3)s2)c1. The van der Waals surface area contributed by atoms with Gasteiger partial charge in [-0.2, -0.15) is 13.2 Å². The van der Waals surface area contributed by atoms with Gasteiger partial charge in [0, 0.05) is 31.3 Å². The lowest BCUT2D eigenvalue weighted by Gasteiger charge is -2.11. The first-order valence-electron chi connectivity index (χ1n) is 12.6. The molecule has 0 saturated carbocycles. The van der Waals surface area contributed by atoms with Crippen LogP contribution in [-0.2, 0) is 38.2 Å². The molecule has 0 aliphatic rings. The molecule has 11 nitrogen and oxygen atoms in total. The average molecular weight is 628 g/mol. The third-order valence-electron chi connectivity index (χ3n) is 5.82. The van der Waals surface area contributed by atoms with Crippen molar-refractivity contribution in [2.75, 3.05) is 0 Å². The molecule has 2 N–H and O–H groups in total. The fraction of sp³-hybridized carbons (Fsp3) is 0.360. The Morgan fingerprint density at radius 3 is 2.21 bits per heavy atom. The van der Waals surface area contributed by atoms with Crippen LogP contribution in [0.1, 0.15) is 61.2 Å². The fourth-order valence-corrected chi connectivity index (χ4v) is 4.39. The lowest BCUT2D eigenvalue weighted by atomic mass is 10.1. The highest BCUT2D eigenvalue weighted by Crippen LogP contribution is 2.29. The summed E-state index contributed by atoms with van der Waals surface area (Å²) in [6, 6.07) is 4.00. The zero-order valence-corrected chi connectivity index (χ0v) is 23.1. The van der Waals surface area contributed by atoms with Crippen LogP contribution in [0.5, 0.6) is 0 Å². The minimum atomic E-state index is -4.55. The second kappa shape index (κ2) is 13.2. The molecule has 43 heavy (non-hydrogen) atoms. The van der Waals surface area contributed by atoms with Gasteiger partial charge in [-0.1, -0.05) is 16.6 Å². The van der Waals surface area contributed by atoms with Crippen molar-refractivity contribution in [3.8, 4) is 0 Å². The molecule has 18 heteroatoms. The van der Waals surface area contributed by atoms with Crippen LogP contribution in [0.4, 0.5) is 26.3 Å². The molecule has 4 aromatic heterocycles. The summed E-state index contributed by atoms with van der Waals surface area (Å²) in [7, 11) is 0. The predicted octanol–water partition coefficient (Wildman–Crippen LogP) is 3.88. The van der Waals surface area contributed by atoms with Crippen molar-refractivity contribution in [1.82, 2.24) is 45.8 Å². The van der Waals surface area contributed by atoms with E-state index in [4.69, 9.17) is 0 Å². The molecular weight excluding hydrogens is 604 g/mol. The van der Waals surface area contributed by atoms with Gasteiger partial charge >= 0.3 is 6.18 Å². The number of aryl methyl sites for hydroxylation is 1. The number of rotatable bonds is 12. The van der Waals surface area contributed by atoms with Crippen LogP contribution in [-0.4, -0.2) is 53.1 Å². The highest BCUT2D eigenvalue weighted by Gasteiger charge is 2.30. The molecule has 228 valence electrons. The van der Waals surface area contributed by atoms with Crippen LogP contribution in [0.15, 0.2) is 42.9 Å². The Balaban J connectivity index is 1.21. The number of hydrogen-bond acceptors (Lipinski definition) is 9. The van der Waals surface area contributed by atoms with Gasteiger partial charge in [-0.25, -0.2) is 17.9 Å². The highest BCUT2D eigenvalue weighted by molar-refractivity contribution is 7.13. The molecule has 0 aliphatic carbocycles. The third kappa shape index (κ3) is 9.00. The van der Waals surface area contributed by atoms with Crippen molar-refractivity contribution >= 4 is 23.2 Å². The van der Waals surface area contributed by atoms with Crippen LogP contribution in [0.3, 0.4) is 0 Å². The standard InChI is InChI=1S/C25H23F6N9O2S/c1-24(27,28)14-4-6-32-17(8-14)11-35-22(42)23-38-37-20(43-23)3-2-16(26)12-40-13-19(36-39-40)21(41)34-10-18-9-15(5-7-33-18)25(29,30)31/h4-9,13,16H,2-3,10-12H2,1H3,(H,34,41)(H,35,42). The summed E-state index contributed by atoms with van der Waals surface area (Å²) in [5.41, 5.74) is -1.07. The summed E-state index contributed by atoms with van der Waals surface area (Å²) in [6.45, 7) is 0.117. The van der Waals surface area contributed by atoms with E-state index >= 15 is 0 Å². The molecule has 0 fully saturated rings.